The Labute approximate surface area is 128 Å². The molecular formula is C15H20FN3O3. The van der Waals surface area contributed by atoms with Gasteiger partial charge in [0.2, 0.25) is 11.8 Å². The third kappa shape index (κ3) is 3.94. The van der Waals surface area contributed by atoms with Crippen molar-refractivity contribution in [2.75, 3.05) is 33.3 Å². The number of hydrogen-bond donors (Lipinski definition) is 1. The fourth-order valence-electron chi connectivity index (χ4n) is 2.42. The molecule has 1 aliphatic rings. The van der Waals surface area contributed by atoms with Gasteiger partial charge >= 0.3 is 0 Å². The lowest BCUT2D eigenvalue weighted by Crippen LogP contribution is -2.59. The molecule has 120 valence electrons. The van der Waals surface area contributed by atoms with Crippen LogP contribution in [0.4, 0.5) is 4.39 Å². The van der Waals surface area contributed by atoms with E-state index in [-0.39, 0.29) is 24.7 Å². The lowest BCUT2D eigenvalue weighted by molar-refractivity contribution is -0.142. The highest BCUT2D eigenvalue weighted by molar-refractivity contribution is 5.87. The van der Waals surface area contributed by atoms with Gasteiger partial charge in [-0.15, -0.1) is 0 Å². The highest BCUT2D eigenvalue weighted by Gasteiger charge is 2.32. The number of ether oxygens (including phenoxy) is 1. The summed E-state index contributed by atoms with van der Waals surface area (Å²) in [6.07, 6.45) is 0.0713. The summed E-state index contributed by atoms with van der Waals surface area (Å²) in [4.78, 5) is 27.1. The van der Waals surface area contributed by atoms with Gasteiger partial charge in [-0.1, -0.05) is 12.1 Å². The van der Waals surface area contributed by atoms with E-state index in [0.29, 0.717) is 19.6 Å². The molecule has 1 fully saturated rings. The first kappa shape index (κ1) is 16.2. The molecule has 1 atom stereocenters. The molecule has 0 unspecified atom stereocenters. The van der Waals surface area contributed by atoms with Gasteiger partial charge in [-0.25, -0.2) is 4.39 Å². The number of hydrogen-bond acceptors (Lipinski definition) is 4. The molecule has 0 radical (unpaired) electrons. The van der Waals surface area contributed by atoms with Crippen LogP contribution in [0.1, 0.15) is 6.42 Å². The van der Waals surface area contributed by atoms with Gasteiger partial charge in [-0.05, 0) is 19.2 Å². The van der Waals surface area contributed by atoms with Crippen molar-refractivity contribution in [1.82, 2.24) is 9.80 Å². The highest BCUT2D eigenvalue weighted by atomic mass is 19.1. The van der Waals surface area contributed by atoms with Gasteiger partial charge in [-0.3, -0.25) is 9.59 Å². The van der Waals surface area contributed by atoms with Crippen molar-refractivity contribution in [2.24, 2.45) is 5.73 Å². The van der Waals surface area contributed by atoms with Crippen molar-refractivity contribution in [1.29, 1.82) is 0 Å². The number of piperazine rings is 1. The Kier molecular flexibility index (Phi) is 5.32. The SMILES string of the molecule is CN1CCN(C(=O)CCOc2ccccc2F)[C@@H](C(N)=O)C1. The van der Waals surface area contributed by atoms with E-state index in [1.807, 2.05) is 11.9 Å². The Morgan fingerprint density at radius 2 is 2.09 bits per heavy atom. The van der Waals surface area contributed by atoms with Gasteiger partial charge in [0.1, 0.15) is 6.04 Å². The largest absolute Gasteiger partial charge is 0.490 e. The topological polar surface area (TPSA) is 75.9 Å². The van der Waals surface area contributed by atoms with Crippen LogP contribution in [0.15, 0.2) is 24.3 Å². The number of rotatable bonds is 5. The van der Waals surface area contributed by atoms with Crippen molar-refractivity contribution in [3.05, 3.63) is 30.1 Å². The second-order valence-corrected chi connectivity index (χ2v) is 5.30. The zero-order valence-corrected chi connectivity index (χ0v) is 12.5. The third-order valence-corrected chi connectivity index (χ3v) is 3.64. The van der Waals surface area contributed by atoms with Crippen molar-refractivity contribution in [2.45, 2.75) is 12.5 Å². The van der Waals surface area contributed by atoms with Gasteiger partial charge in [0.15, 0.2) is 11.6 Å². The lowest BCUT2D eigenvalue weighted by Gasteiger charge is -2.38. The number of primary amides is 1. The Morgan fingerprint density at radius 3 is 2.77 bits per heavy atom. The van der Waals surface area contributed by atoms with Crippen LogP contribution in [-0.2, 0) is 9.59 Å². The number of para-hydroxylation sites is 1. The van der Waals surface area contributed by atoms with E-state index in [4.69, 9.17) is 10.5 Å². The van der Waals surface area contributed by atoms with Gasteiger partial charge in [0.25, 0.3) is 0 Å². The van der Waals surface area contributed by atoms with E-state index in [9.17, 15) is 14.0 Å². The molecule has 1 saturated heterocycles. The van der Waals surface area contributed by atoms with Crippen LogP contribution in [0, 0.1) is 5.82 Å². The molecule has 1 aliphatic heterocycles. The van der Waals surface area contributed by atoms with E-state index >= 15 is 0 Å². The molecule has 1 aromatic carbocycles. The van der Waals surface area contributed by atoms with Gasteiger partial charge in [-0.2, -0.15) is 0 Å². The maximum Gasteiger partial charge on any atom is 0.241 e. The average molecular weight is 309 g/mol. The molecule has 2 N–H and O–H groups in total. The number of carbonyl (C=O) groups is 2. The molecule has 0 aromatic heterocycles. The summed E-state index contributed by atoms with van der Waals surface area (Å²) < 4.78 is 18.7. The van der Waals surface area contributed by atoms with E-state index in [1.165, 1.54) is 17.0 Å². The monoisotopic (exact) mass is 309 g/mol. The number of nitrogens with zero attached hydrogens (tertiary/aromatic N) is 2. The molecule has 22 heavy (non-hydrogen) atoms. The Bertz CT molecular complexity index is 553. The minimum Gasteiger partial charge on any atom is -0.490 e. The van der Waals surface area contributed by atoms with Crippen LogP contribution in [0.2, 0.25) is 0 Å². The Morgan fingerprint density at radius 1 is 1.36 bits per heavy atom. The fourth-order valence-corrected chi connectivity index (χ4v) is 2.42. The van der Waals surface area contributed by atoms with Crippen LogP contribution < -0.4 is 10.5 Å². The Hall–Kier alpha value is -2.15. The van der Waals surface area contributed by atoms with Crippen LogP contribution in [0.5, 0.6) is 5.75 Å². The first-order valence-corrected chi connectivity index (χ1v) is 7.13. The molecule has 7 heteroatoms. The van der Waals surface area contributed by atoms with E-state index in [1.54, 1.807) is 12.1 Å². The summed E-state index contributed by atoms with van der Waals surface area (Å²) in [6.45, 7) is 1.61. The third-order valence-electron chi connectivity index (χ3n) is 3.64. The van der Waals surface area contributed by atoms with Crippen LogP contribution >= 0.6 is 0 Å². The smallest absolute Gasteiger partial charge is 0.241 e. The second-order valence-electron chi connectivity index (χ2n) is 5.30. The van der Waals surface area contributed by atoms with Crippen LogP contribution in [0.25, 0.3) is 0 Å². The number of likely N-dealkylation sites (N-methyl/N-ethyl adjacent to an activating group) is 1. The van der Waals surface area contributed by atoms with Gasteiger partial charge in [0, 0.05) is 19.6 Å². The summed E-state index contributed by atoms with van der Waals surface area (Å²) in [5.41, 5.74) is 5.36. The van der Waals surface area contributed by atoms with Crippen molar-refractivity contribution in [3.63, 3.8) is 0 Å². The maximum atomic E-state index is 13.4. The van der Waals surface area contributed by atoms with E-state index in [2.05, 4.69) is 0 Å². The average Bonchev–Trinajstić information content (AvgIpc) is 2.49. The predicted octanol–water partition coefficient (Wildman–Crippen LogP) is 0.222. The number of nitrogens with two attached hydrogens (primary N) is 1. The minimum absolute atomic E-state index is 0.0532. The molecule has 0 saturated carbocycles. The van der Waals surface area contributed by atoms with Gasteiger partial charge in [0.05, 0.1) is 13.0 Å². The minimum atomic E-state index is -0.625. The van der Waals surface area contributed by atoms with Crippen molar-refractivity contribution in [3.8, 4) is 5.75 Å². The second kappa shape index (κ2) is 7.22. The summed E-state index contributed by atoms with van der Waals surface area (Å²) in [6, 6.07) is 5.39. The number of amides is 2. The first-order valence-electron chi connectivity index (χ1n) is 7.13. The Balaban J connectivity index is 1.88. The molecule has 0 bridgehead atoms. The number of carbonyl (C=O) groups excluding carboxylic acids is 2. The molecule has 2 rings (SSSR count). The molecule has 6 nitrogen and oxygen atoms in total. The molecule has 0 aliphatic carbocycles. The standard InChI is InChI=1S/C15H20FN3O3/c1-18-7-8-19(12(10-18)15(17)21)14(20)6-9-22-13-5-3-2-4-11(13)16/h2-5,12H,6-10H2,1H3,(H2,17,21)/t12-/m1/s1. The number of halogens is 1. The molecular weight excluding hydrogens is 289 g/mol. The lowest BCUT2D eigenvalue weighted by atomic mass is 10.1. The summed E-state index contributed by atoms with van der Waals surface area (Å²) in [5, 5.41) is 0. The van der Waals surface area contributed by atoms with Crippen molar-refractivity contribution < 1.29 is 18.7 Å². The van der Waals surface area contributed by atoms with Crippen LogP contribution in [-0.4, -0.2) is 60.9 Å². The zero-order valence-electron chi connectivity index (χ0n) is 12.5. The highest BCUT2D eigenvalue weighted by Crippen LogP contribution is 2.16. The molecule has 1 aromatic rings. The van der Waals surface area contributed by atoms with Gasteiger partial charge < -0.3 is 20.3 Å². The summed E-state index contributed by atoms with van der Waals surface area (Å²) in [7, 11) is 1.87. The summed E-state index contributed by atoms with van der Waals surface area (Å²) in [5.74, 6) is -1.09. The first-order chi connectivity index (χ1) is 10.5. The van der Waals surface area contributed by atoms with E-state index < -0.39 is 17.8 Å². The molecule has 2 amide bonds. The zero-order chi connectivity index (χ0) is 16.1. The predicted molar refractivity (Wildman–Crippen MR) is 78.7 cm³/mol. The fraction of sp³-hybridized carbons (Fsp3) is 0.467. The number of benzene rings is 1. The molecule has 0 spiro atoms. The van der Waals surface area contributed by atoms with Crippen molar-refractivity contribution >= 4 is 11.8 Å². The van der Waals surface area contributed by atoms with E-state index in [0.717, 1.165) is 0 Å². The summed E-state index contributed by atoms with van der Waals surface area (Å²) >= 11 is 0. The normalized spacial score (nSPS) is 19.0. The maximum absolute atomic E-state index is 13.4. The molecule has 1 heterocycles. The quantitative estimate of drug-likeness (QED) is 0.844. The van der Waals surface area contributed by atoms with Crippen LogP contribution in [0.3, 0.4) is 0 Å².